The molecule has 0 aliphatic heterocycles. The quantitative estimate of drug-likeness (QED) is 0.560. The largest absolute Gasteiger partial charge is 0.453 e. The molecule has 7 nitrogen and oxygen atoms in total. The first-order valence-electron chi connectivity index (χ1n) is 8.86. The van der Waals surface area contributed by atoms with Crippen molar-refractivity contribution >= 4 is 29.2 Å². The molecule has 0 aliphatic rings. The highest BCUT2D eigenvalue weighted by Crippen LogP contribution is 2.20. The van der Waals surface area contributed by atoms with Gasteiger partial charge in [-0.25, -0.2) is 8.78 Å². The molecule has 0 bridgehead atoms. The van der Waals surface area contributed by atoms with E-state index in [4.69, 9.17) is 20.9 Å². The maximum atomic E-state index is 13.6. The average molecular weight is 436 g/mol. The predicted molar refractivity (Wildman–Crippen MR) is 104 cm³/mol. The fraction of sp³-hybridized carbons (Fsp3) is 0.200. The van der Waals surface area contributed by atoms with Crippen LogP contribution in [0.1, 0.15) is 19.2 Å². The van der Waals surface area contributed by atoms with Crippen molar-refractivity contribution in [3.8, 4) is 11.4 Å². The Morgan fingerprint density at radius 3 is 2.50 bits per heavy atom. The Bertz CT molecular complexity index is 1040. The van der Waals surface area contributed by atoms with Crippen LogP contribution < -0.4 is 5.32 Å². The predicted octanol–water partition coefficient (Wildman–Crippen LogP) is 4.17. The fourth-order valence-electron chi connectivity index (χ4n) is 2.43. The second kappa shape index (κ2) is 9.45. The van der Waals surface area contributed by atoms with Crippen molar-refractivity contribution in [3.63, 3.8) is 0 Å². The summed E-state index contributed by atoms with van der Waals surface area (Å²) in [6.07, 6.45) is -1.30. The molecule has 2 aromatic carbocycles. The van der Waals surface area contributed by atoms with Gasteiger partial charge in [0.25, 0.3) is 5.91 Å². The van der Waals surface area contributed by atoms with E-state index in [9.17, 15) is 18.4 Å². The maximum Gasteiger partial charge on any atom is 0.307 e. The number of carbonyl (C=O) groups is 2. The number of aryl methyl sites for hydroxylation is 1. The third-order valence-electron chi connectivity index (χ3n) is 4.00. The van der Waals surface area contributed by atoms with Gasteiger partial charge in [-0.2, -0.15) is 4.98 Å². The summed E-state index contributed by atoms with van der Waals surface area (Å²) in [4.78, 5) is 28.2. The minimum atomic E-state index is -1.26. The molecule has 0 saturated carbocycles. The number of halogens is 3. The van der Waals surface area contributed by atoms with Crippen molar-refractivity contribution in [2.24, 2.45) is 0 Å². The van der Waals surface area contributed by atoms with Gasteiger partial charge in [-0.3, -0.25) is 9.59 Å². The molecule has 156 valence electrons. The first-order chi connectivity index (χ1) is 14.3. The van der Waals surface area contributed by atoms with Crippen LogP contribution in [0.2, 0.25) is 5.02 Å². The van der Waals surface area contributed by atoms with E-state index in [1.807, 2.05) is 0 Å². The molecule has 3 aromatic rings. The van der Waals surface area contributed by atoms with Gasteiger partial charge in [-0.1, -0.05) is 22.8 Å². The number of esters is 1. The number of nitrogens with zero attached hydrogens (tertiary/aromatic N) is 2. The smallest absolute Gasteiger partial charge is 0.307 e. The highest BCUT2D eigenvalue weighted by molar-refractivity contribution is 6.30. The van der Waals surface area contributed by atoms with Gasteiger partial charge in [0, 0.05) is 17.0 Å². The summed E-state index contributed by atoms with van der Waals surface area (Å²) in [5, 5.41) is 6.47. The first-order valence-corrected chi connectivity index (χ1v) is 9.24. The number of para-hydroxylation sites is 1. The minimum absolute atomic E-state index is 0.0930. The second-order valence-electron chi connectivity index (χ2n) is 6.24. The lowest BCUT2D eigenvalue weighted by Gasteiger charge is -2.14. The summed E-state index contributed by atoms with van der Waals surface area (Å²) >= 11 is 5.83. The average Bonchev–Trinajstić information content (AvgIpc) is 3.18. The Hall–Kier alpha value is -3.33. The number of ether oxygens (including phenoxy) is 1. The molecule has 1 unspecified atom stereocenters. The lowest BCUT2D eigenvalue weighted by molar-refractivity contribution is -0.153. The number of carbonyl (C=O) groups excluding carboxylic acids is 2. The van der Waals surface area contributed by atoms with E-state index >= 15 is 0 Å². The third kappa shape index (κ3) is 5.38. The Morgan fingerprint density at radius 2 is 1.83 bits per heavy atom. The Labute approximate surface area is 175 Å². The van der Waals surface area contributed by atoms with Crippen LogP contribution in [-0.2, 0) is 20.7 Å². The molecule has 1 heterocycles. The first kappa shape index (κ1) is 21.4. The lowest BCUT2D eigenvalue weighted by atomic mass is 10.2. The summed E-state index contributed by atoms with van der Waals surface area (Å²) in [6, 6.07) is 9.98. The normalized spacial score (nSPS) is 11.7. The molecule has 1 atom stereocenters. The monoisotopic (exact) mass is 435 g/mol. The van der Waals surface area contributed by atoms with E-state index in [0.717, 1.165) is 12.1 Å². The zero-order chi connectivity index (χ0) is 21.7. The standard InChI is InChI=1S/C20H16ClF2N3O4/c1-11(20(28)25-18-14(22)3-2-4-15(18)23)29-17(27)10-9-16-24-19(26-30-16)12-5-7-13(21)8-6-12/h2-8,11H,9-10H2,1H3,(H,25,28). The van der Waals surface area contributed by atoms with Gasteiger partial charge >= 0.3 is 5.97 Å². The summed E-state index contributed by atoms with van der Waals surface area (Å²) in [5.41, 5.74) is 0.0913. The van der Waals surface area contributed by atoms with E-state index in [2.05, 4.69) is 15.5 Å². The van der Waals surface area contributed by atoms with Crippen LogP contribution in [0.5, 0.6) is 0 Å². The third-order valence-corrected chi connectivity index (χ3v) is 4.25. The molecule has 3 rings (SSSR count). The fourth-order valence-corrected chi connectivity index (χ4v) is 2.56. The van der Waals surface area contributed by atoms with Gasteiger partial charge in [-0.05, 0) is 43.3 Å². The molecular formula is C20H16ClF2N3O4. The molecule has 1 aromatic heterocycles. The molecule has 30 heavy (non-hydrogen) atoms. The summed E-state index contributed by atoms with van der Waals surface area (Å²) in [7, 11) is 0. The highest BCUT2D eigenvalue weighted by Gasteiger charge is 2.21. The van der Waals surface area contributed by atoms with Crippen LogP contribution in [-0.4, -0.2) is 28.1 Å². The van der Waals surface area contributed by atoms with Crippen molar-refractivity contribution in [2.45, 2.75) is 25.9 Å². The van der Waals surface area contributed by atoms with Crippen LogP contribution in [0.4, 0.5) is 14.5 Å². The zero-order valence-corrected chi connectivity index (χ0v) is 16.5. The number of rotatable bonds is 7. The molecule has 1 N–H and O–H groups in total. The van der Waals surface area contributed by atoms with E-state index < -0.39 is 35.3 Å². The zero-order valence-electron chi connectivity index (χ0n) is 15.7. The minimum Gasteiger partial charge on any atom is -0.453 e. The van der Waals surface area contributed by atoms with E-state index in [-0.39, 0.29) is 18.7 Å². The van der Waals surface area contributed by atoms with Crippen molar-refractivity contribution < 1.29 is 27.6 Å². The Kier molecular flexibility index (Phi) is 6.73. The maximum absolute atomic E-state index is 13.6. The Balaban J connectivity index is 1.50. The molecule has 10 heteroatoms. The van der Waals surface area contributed by atoms with Crippen molar-refractivity contribution in [1.82, 2.24) is 10.1 Å². The molecule has 0 saturated heterocycles. The van der Waals surface area contributed by atoms with Crippen molar-refractivity contribution in [2.75, 3.05) is 5.32 Å². The van der Waals surface area contributed by atoms with E-state index in [1.54, 1.807) is 24.3 Å². The van der Waals surface area contributed by atoms with Gasteiger partial charge in [0.05, 0.1) is 6.42 Å². The molecule has 0 aliphatic carbocycles. The van der Waals surface area contributed by atoms with Gasteiger partial charge in [0.1, 0.15) is 17.3 Å². The molecule has 0 spiro atoms. The number of hydrogen-bond donors (Lipinski definition) is 1. The molecule has 1 amide bonds. The molecule has 0 radical (unpaired) electrons. The van der Waals surface area contributed by atoms with E-state index in [1.165, 1.54) is 13.0 Å². The SMILES string of the molecule is CC(OC(=O)CCc1nc(-c2ccc(Cl)cc2)no1)C(=O)Nc1c(F)cccc1F. The number of nitrogens with one attached hydrogen (secondary N) is 1. The molecule has 0 fully saturated rings. The summed E-state index contributed by atoms with van der Waals surface area (Å²) < 4.78 is 37.3. The van der Waals surface area contributed by atoms with Gasteiger partial charge in [0.2, 0.25) is 11.7 Å². The van der Waals surface area contributed by atoms with Gasteiger partial charge < -0.3 is 14.6 Å². The number of hydrogen-bond acceptors (Lipinski definition) is 6. The second-order valence-corrected chi connectivity index (χ2v) is 6.67. The van der Waals surface area contributed by atoms with E-state index in [0.29, 0.717) is 16.4 Å². The topological polar surface area (TPSA) is 94.3 Å². The summed E-state index contributed by atoms with van der Waals surface area (Å²) in [5.74, 6) is -2.89. The summed E-state index contributed by atoms with van der Waals surface area (Å²) in [6.45, 7) is 1.29. The van der Waals surface area contributed by atoms with Gasteiger partial charge in [0.15, 0.2) is 6.10 Å². The number of anilines is 1. The van der Waals surface area contributed by atoms with Crippen LogP contribution in [0.25, 0.3) is 11.4 Å². The molecular weight excluding hydrogens is 420 g/mol. The van der Waals surface area contributed by atoms with Gasteiger partial charge in [-0.15, -0.1) is 0 Å². The number of aromatic nitrogens is 2. The van der Waals surface area contributed by atoms with Crippen LogP contribution in [0, 0.1) is 11.6 Å². The van der Waals surface area contributed by atoms with Crippen LogP contribution in [0.15, 0.2) is 47.0 Å². The number of amides is 1. The lowest BCUT2D eigenvalue weighted by Crippen LogP contribution is -2.30. The van der Waals surface area contributed by atoms with Crippen molar-refractivity contribution in [1.29, 1.82) is 0 Å². The van der Waals surface area contributed by atoms with Crippen LogP contribution in [0.3, 0.4) is 0 Å². The van der Waals surface area contributed by atoms with Crippen LogP contribution >= 0.6 is 11.6 Å². The Morgan fingerprint density at radius 1 is 1.17 bits per heavy atom. The van der Waals surface area contributed by atoms with Crippen molar-refractivity contribution in [3.05, 3.63) is 65.0 Å². The number of benzene rings is 2. The highest BCUT2D eigenvalue weighted by atomic mass is 35.5.